The van der Waals surface area contributed by atoms with Crippen LogP contribution in [0.15, 0.2) is 18.2 Å². The largest absolute Gasteiger partial charge is 0.505 e. The Morgan fingerprint density at radius 2 is 2.14 bits per heavy atom. The highest BCUT2D eigenvalue weighted by molar-refractivity contribution is 6.03. The Morgan fingerprint density at radius 1 is 1.41 bits per heavy atom. The Balaban J connectivity index is 2.58. The molecule has 8 heteroatoms. The van der Waals surface area contributed by atoms with Crippen molar-refractivity contribution in [1.82, 2.24) is 10.3 Å². The summed E-state index contributed by atoms with van der Waals surface area (Å²) in [5.74, 6) is -2.08. The number of rotatable bonds is 4. The molecule has 3 N–H and O–H groups in total. The number of hydrogen-bond acceptors (Lipinski definition) is 6. The number of fused-ring (bicyclic) bond motifs is 1. The van der Waals surface area contributed by atoms with E-state index in [1.54, 1.807) is 6.07 Å². The molecule has 1 amide bonds. The maximum atomic E-state index is 11.9. The molecule has 0 unspecified atom stereocenters. The van der Waals surface area contributed by atoms with Gasteiger partial charge in [0.1, 0.15) is 24.1 Å². The normalized spacial score (nSPS) is 10.0. The zero-order valence-electron chi connectivity index (χ0n) is 11.5. The Morgan fingerprint density at radius 3 is 2.73 bits per heavy atom. The van der Waals surface area contributed by atoms with Crippen molar-refractivity contribution in [2.45, 2.75) is 0 Å². The quantitative estimate of drug-likeness (QED) is 0.754. The van der Waals surface area contributed by atoms with Gasteiger partial charge in [0.15, 0.2) is 11.4 Å². The molecule has 2 aromatic rings. The van der Waals surface area contributed by atoms with Gasteiger partial charge < -0.3 is 20.3 Å². The van der Waals surface area contributed by atoms with Gasteiger partial charge in [-0.3, -0.25) is 9.59 Å². The van der Waals surface area contributed by atoms with Crippen molar-refractivity contribution in [3.05, 3.63) is 29.6 Å². The molecular weight excluding hydrogens is 290 g/mol. The molecule has 0 aliphatic heterocycles. The zero-order valence-corrected chi connectivity index (χ0v) is 11.5. The molecule has 22 heavy (non-hydrogen) atoms. The lowest BCUT2D eigenvalue weighted by Gasteiger charge is -2.09. The number of benzene rings is 1. The number of methoxy groups -OCH3 is 1. The van der Waals surface area contributed by atoms with E-state index in [4.69, 9.17) is 15.1 Å². The SMILES string of the molecule is COc1ccc2c(O)c(C(=O)NCC(=O)O)nc(C#N)c2c1. The Bertz CT molecular complexity index is 810. The van der Waals surface area contributed by atoms with Crippen LogP contribution in [-0.2, 0) is 4.79 Å². The molecule has 0 atom stereocenters. The number of pyridine rings is 1. The van der Waals surface area contributed by atoms with Crippen molar-refractivity contribution in [2.75, 3.05) is 13.7 Å². The maximum absolute atomic E-state index is 11.9. The van der Waals surface area contributed by atoms with E-state index in [9.17, 15) is 14.7 Å². The van der Waals surface area contributed by atoms with E-state index in [1.807, 2.05) is 6.07 Å². The number of nitriles is 1. The van der Waals surface area contributed by atoms with Gasteiger partial charge >= 0.3 is 5.97 Å². The first-order chi connectivity index (χ1) is 10.5. The molecule has 0 radical (unpaired) electrons. The molecular formula is C14H11N3O5. The van der Waals surface area contributed by atoms with Crippen molar-refractivity contribution < 1.29 is 24.5 Å². The third-order valence-corrected chi connectivity index (χ3v) is 2.91. The topological polar surface area (TPSA) is 133 Å². The summed E-state index contributed by atoms with van der Waals surface area (Å²) in [5.41, 5.74) is -0.484. The molecule has 1 heterocycles. The molecule has 0 spiro atoms. The van der Waals surface area contributed by atoms with Gasteiger partial charge in [-0.2, -0.15) is 5.26 Å². The molecule has 1 aromatic heterocycles. The summed E-state index contributed by atoms with van der Waals surface area (Å²) in [6.07, 6.45) is 0. The number of hydrogen-bond donors (Lipinski definition) is 3. The fraction of sp³-hybridized carbons (Fsp3) is 0.143. The van der Waals surface area contributed by atoms with Gasteiger partial charge in [0, 0.05) is 10.8 Å². The third kappa shape index (κ3) is 2.73. The molecule has 2 rings (SSSR count). The highest BCUT2D eigenvalue weighted by atomic mass is 16.5. The van der Waals surface area contributed by atoms with Crippen LogP contribution in [0.3, 0.4) is 0 Å². The van der Waals surface area contributed by atoms with Gasteiger partial charge in [-0.05, 0) is 18.2 Å². The van der Waals surface area contributed by atoms with Gasteiger partial charge in [-0.25, -0.2) is 4.98 Å². The minimum Gasteiger partial charge on any atom is -0.505 e. The molecule has 8 nitrogen and oxygen atoms in total. The first-order valence-corrected chi connectivity index (χ1v) is 6.08. The van der Waals surface area contributed by atoms with Crippen molar-refractivity contribution in [2.24, 2.45) is 0 Å². The van der Waals surface area contributed by atoms with Gasteiger partial charge in [0.05, 0.1) is 7.11 Å². The molecule has 0 saturated carbocycles. The number of aromatic nitrogens is 1. The third-order valence-electron chi connectivity index (χ3n) is 2.91. The lowest BCUT2D eigenvalue weighted by molar-refractivity contribution is -0.135. The van der Waals surface area contributed by atoms with Crippen LogP contribution in [0.5, 0.6) is 11.5 Å². The number of aliphatic carboxylic acids is 1. The number of nitrogens with one attached hydrogen (secondary N) is 1. The Kier molecular flexibility index (Phi) is 4.08. The van der Waals surface area contributed by atoms with Gasteiger partial charge in [0.2, 0.25) is 0 Å². The molecule has 0 fully saturated rings. The van der Waals surface area contributed by atoms with Crippen LogP contribution in [0, 0.1) is 11.3 Å². The van der Waals surface area contributed by atoms with Crippen LogP contribution in [-0.4, -0.2) is 40.7 Å². The number of carboxylic acid groups (broad SMARTS) is 1. The molecule has 0 aliphatic rings. The van der Waals surface area contributed by atoms with Crippen LogP contribution < -0.4 is 10.1 Å². The van der Waals surface area contributed by atoms with E-state index in [-0.39, 0.29) is 11.1 Å². The second-order valence-electron chi connectivity index (χ2n) is 4.26. The monoisotopic (exact) mass is 301 g/mol. The second kappa shape index (κ2) is 5.97. The number of ether oxygens (including phenoxy) is 1. The predicted octanol–water partition coefficient (Wildman–Crippen LogP) is 0.635. The van der Waals surface area contributed by atoms with Crippen LogP contribution >= 0.6 is 0 Å². The smallest absolute Gasteiger partial charge is 0.322 e. The Labute approximate surface area is 124 Å². The van der Waals surface area contributed by atoms with Crippen LogP contribution in [0.25, 0.3) is 10.8 Å². The summed E-state index contributed by atoms with van der Waals surface area (Å²) in [6.45, 7) is -0.623. The van der Waals surface area contributed by atoms with E-state index in [0.717, 1.165) is 0 Å². The van der Waals surface area contributed by atoms with E-state index >= 15 is 0 Å². The number of carbonyl (C=O) groups excluding carboxylic acids is 1. The van der Waals surface area contributed by atoms with Gasteiger partial charge in [-0.1, -0.05) is 0 Å². The molecule has 0 aliphatic carbocycles. The average Bonchev–Trinajstić information content (AvgIpc) is 2.52. The number of nitrogens with zero attached hydrogens (tertiary/aromatic N) is 2. The summed E-state index contributed by atoms with van der Waals surface area (Å²) < 4.78 is 5.04. The lowest BCUT2D eigenvalue weighted by atomic mass is 10.1. The number of carbonyl (C=O) groups is 2. The molecule has 0 bridgehead atoms. The fourth-order valence-corrected chi connectivity index (χ4v) is 1.89. The van der Waals surface area contributed by atoms with E-state index in [0.29, 0.717) is 11.1 Å². The van der Waals surface area contributed by atoms with Crippen LogP contribution in [0.1, 0.15) is 16.2 Å². The van der Waals surface area contributed by atoms with E-state index in [2.05, 4.69) is 10.3 Å². The van der Waals surface area contributed by atoms with Crippen molar-refractivity contribution >= 4 is 22.6 Å². The summed E-state index contributed by atoms with van der Waals surface area (Å²) >= 11 is 0. The van der Waals surface area contributed by atoms with Crippen molar-refractivity contribution in [3.8, 4) is 17.6 Å². The summed E-state index contributed by atoms with van der Waals surface area (Å²) in [7, 11) is 1.45. The predicted molar refractivity (Wildman–Crippen MR) is 74.6 cm³/mol. The Hall–Kier alpha value is -3.34. The fourth-order valence-electron chi connectivity index (χ4n) is 1.89. The van der Waals surface area contributed by atoms with Crippen LogP contribution in [0.2, 0.25) is 0 Å². The second-order valence-corrected chi connectivity index (χ2v) is 4.26. The minimum atomic E-state index is -1.24. The lowest BCUT2D eigenvalue weighted by Crippen LogP contribution is -2.30. The molecule has 112 valence electrons. The molecule has 0 saturated heterocycles. The first-order valence-electron chi connectivity index (χ1n) is 6.08. The minimum absolute atomic E-state index is 0.0767. The van der Waals surface area contributed by atoms with Gasteiger partial charge in [0.25, 0.3) is 5.91 Å². The average molecular weight is 301 g/mol. The van der Waals surface area contributed by atoms with Crippen molar-refractivity contribution in [1.29, 1.82) is 5.26 Å². The molecule has 1 aromatic carbocycles. The van der Waals surface area contributed by atoms with Crippen molar-refractivity contribution in [3.63, 3.8) is 0 Å². The number of carboxylic acids is 1. The first kappa shape index (κ1) is 15.1. The van der Waals surface area contributed by atoms with Gasteiger partial charge in [-0.15, -0.1) is 0 Å². The number of aromatic hydroxyl groups is 1. The zero-order chi connectivity index (χ0) is 16.3. The number of amides is 1. The van der Waals surface area contributed by atoms with Crippen LogP contribution in [0.4, 0.5) is 0 Å². The highest BCUT2D eigenvalue weighted by Crippen LogP contribution is 2.31. The standard InChI is InChI=1S/C14H11N3O5/c1-22-7-2-3-8-9(4-7)10(5-15)17-12(13(8)20)14(21)16-6-11(18)19/h2-4,20H,6H2,1H3,(H,16,21)(H,18,19). The maximum Gasteiger partial charge on any atom is 0.322 e. The highest BCUT2D eigenvalue weighted by Gasteiger charge is 2.20. The van der Waals surface area contributed by atoms with E-state index < -0.39 is 29.9 Å². The summed E-state index contributed by atoms with van der Waals surface area (Å²) in [6, 6.07) is 6.39. The summed E-state index contributed by atoms with van der Waals surface area (Å²) in [4.78, 5) is 26.1. The van der Waals surface area contributed by atoms with E-state index in [1.165, 1.54) is 19.2 Å². The summed E-state index contributed by atoms with van der Waals surface area (Å²) in [5, 5.41) is 30.5.